The first-order chi connectivity index (χ1) is 13.3. The molecule has 0 amide bonds. The molecule has 1 aliphatic carbocycles. The molecule has 0 bridgehead atoms. The number of halogens is 1. The Morgan fingerprint density at radius 3 is 2.75 bits per heavy atom. The lowest BCUT2D eigenvalue weighted by atomic mass is 9.89. The van der Waals surface area contributed by atoms with E-state index in [0.29, 0.717) is 17.6 Å². The first-order valence-corrected chi connectivity index (χ1v) is 12.4. The van der Waals surface area contributed by atoms with Crippen LogP contribution in [0.3, 0.4) is 0 Å². The molecule has 28 heavy (non-hydrogen) atoms. The fourth-order valence-corrected chi connectivity index (χ4v) is 6.54. The summed E-state index contributed by atoms with van der Waals surface area (Å²) in [6.45, 7) is 4.92. The van der Waals surface area contributed by atoms with Crippen molar-refractivity contribution in [3.05, 3.63) is 51.3 Å². The minimum Gasteiger partial charge on any atom is -0.336 e. The van der Waals surface area contributed by atoms with Gasteiger partial charge in [0.1, 0.15) is 17.7 Å². The van der Waals surface area contributed by atoms with Crippen molar-refractivity contribution in [3.63, 3.8) is 0 Å². The molecule has 0 unspecified atom stereocenters. The van der Waals surface area contributed by atoms with Crippen molar-refractivity contribution in [2.45, 2.75) is 64.6 Å². The average Bonchev–Trinajstić information content (AvgIpc) is 3.18. The number of rotatable bonds is 5. The van der Waals surface area contributed by atoms with Crippen molar-refractivity contribution >= 4 is 21.4 Å². The molecule has 1 aromatic carbocycles. The highest BCUT2D eigenvalue weighted by molar-refractivity contribution is 7.91. The Morgan fingerprint density at radius 2 is 2.04 bits per heavy atom. The standard InChI is InChI=1S/C21H28ClN3O2S/c1-14(17-8-7-16-5-3-4-6-18(16)11-17)23-12-20-15(2)24-25(21(20)22)19-9-10-28(26,27)13-19/h7-8,11,14,19,23H,3-6,9-10,12-13H2,1-2H3/p+1/t14-,19-/m0/s1. The molecule has 1 aliphatic heterocycles. The van der Waals surface area contributed by atoms with E-state index in [1.807, 2.05) is 6.92 Å². The smallest absolute Gasteiger partial charge is 0.152 e. The second kappa shape index (κ2) is 7.81. The number of hydrogen-bond donors (Lipinski definition) is 1. The SMILES string of the molecule is Cc1nn([C@H]2CCS(=O)(=O)C2)c(Cl)c1C[NH2+][C@@H](C)c1ccc2c(c1)CCCC2. The van der Waals surface area contributed by atoms with Crippen LogP contribution in [0.25, 0.3) is 0 Å². The highest BCUT2D eigenvalue weighted by Gasteiger charge is 2.32. The van der Waals surface area contributed by atoms with Crippen LogP contribution in [-0.4, -0.2) is 29.7 Å². The quantitative estimate of drug-likeness (QED) is 0.805. The predicted octanol–water partition coefficient (Wildman–Crippen LogP) is 2.91. The number of nitrogens with zero attached hydrogens (tertiary/aromatic N) is 2. The van der Waals surface area contributed by atoms with E-state index < -0.39 is 9.84 Å². The predicted molar refractivity (Wildman–Crippen MR) is 111 cm³/mol. The molecule has 1 fully saturated rings. The van der Waals surface area contributed by atoms with E-state index in [-0.39, 0.29) is 17.5 Å². The molecule has 5 nitrogen and oxygen atoms in total. The number of aromatic nitrogens is 2. The Balaban J connectivity index is 1.46. The van der Waals surface area contributed by atoms with Crippen LogP contribution in [0.15, 0.2) is 18.2 Å². The van der Waals surface area contributed by atoms with Crippen LogP contribution >= 0.6 is 11.6 Å². The third-order valence-electron chi connectivity index (χ3n) is 6.27. The number of quaternary nitrogens is 1. The maximum atomic E-state index is 11.8. The molecule has 4 rings (SSSR count). The number of nitrogens with two attached hydrogens (primary N) is 1. The van der Waals surface area contributed by atoms with Crippen LogP contribution in [0.1, 0.15) is 66.2 Å². The van der Waals surface area contributed by atoms with Gasteiger partial charge in [0.25, 0.3) is 0 Å². The minimum absolute atomic E-state index is 0.136. The van der Waals surface area contributed by atoms with Gasteiger partial charge in [0.15, 0.2) is 9.84 Å². The van der Waals surface area contributed by atoms with E-state index in [9.17, 15) is 8.42 Å². The summed E-state index contributed by atoms with van der Waals surface area (Å²) < 4.78 is 25.3. The monoisotopic (exact) mass is 422 g/mol. The number of benzene rings is 1. The molecule has 0 saturated carbocycles. The zero-order valence-electron chi connectivity index (χ0n) is 16.6. The Kier molecular flexibility index (Phi) is 5.55. The molecule has 7 heteroatoms. The molecule has 2 atom stereocenters. The van der Waals surface area contributed by atoms with Gasteiger partial charge in [0.05, 0.1) is 28.8 Å². The molecular formula is C21H29ClN3O2S+. The zero-order valence-corrected chi connectivity index (χ0v) is 18.2. The Bertz CT molecular complexity index is 984. The van der Waals surface area contributed by atoms with Crippen molar-refractivity contribution in [1.82, 2.24) is 9.78 Å². The van der Waals surface area contributed by atoms with Gasteiger partial charge in [0, 0.05) is 5.56 Å². The van der Waals surface area contributed by atoms with E-state index in [0.717, 1.165) is 17.8 Å². The van der Waals surface area contributed by atoms with Gasteiger partial charge in [-0.05, 0) is 63.1 Å². The molecule has 2 aliphatic rings. The van der Waals surface area contributed by atoms with Crippen LogP contribution in [-0.2, 0) is 29.2 Å². The number of fused-ring (bicyclic) bond motifs is 1. The number of hydrogen-bond acceptors (Lipinski definition) is 3. The van der Waals surface area contributed by atoms with Gasteiger partial charge in [0.2, 0.25) is 0 Å². The molecule has 1 saturated heterocycles. The third kappa shape index (κ3) is 4.00. The van der Waals surface area contributed by atoms with Crippen molar-refractivity contribution < 1.29 is 13.7 Å². The molecular weight excluding hydrogens is 394 g/mol. The fraction of sp³-hybridized carbons (Fsp3) is 0.571. The molecule has 2 aromatic rings. The number of sulfone groups is 1. The van der Waals surface area contributed by atoms with Gasteiger partial charge in [-0.25, -0.2) is 13.1 Å². The van der Waals surface area contributed by atoms with Crippen LogP contribution < -0.4 is 5.32 Å². The van der Waals surface area contributed by atoms with E-state index in [1.165, 1.54) is 42.4 Å². The lowest BCUT2D eigenvalue weighted by Gasteiger charge is -2.18. The van der Waals surface area contributed by atoms with Crippen molar-refractivity contribution in [1.29, 1.82) is 0 Å². The second-order valence-corrected chi connectivity index (χ2v) is 10.9. The first-order valence-electron chi connectivity index (χ1n) is 10.2. The normalized spacial score (nSPS) is 22.2. The van der Waals surface area contributed by atoms with Crippen molar-refractivity contribution in [3.8, 4) is 0 Å². The van der Waals surface area contributed by atoms with Gasteiger partial charge in [-0.1, -0.05) is 23.7 Å². The maximum Gasteiger partial charge on any atom is 0.152 e. The summed E-state index contributed by atoms with van der Waals surface area (Å²) in [6, 6.07) is 7.12. The van der Waals surface area contributed by atoms with Crippen LogP contribution in [0, 0.1) is 6.92 Å². The van der Waals surface area contributed by atoms with Crippen LogP contribution in [0.4, 0.5) is 0 Å². The van der Waals surface area contributed by atoms with E-state index >= 15 is 0 Å². The highest BCUT2D eigenvalue weighted by Crippen LogP contribution is 2.30. The fourth-order valence-electron chi connectivity index (χ4n) is 4.46. The zero-order chi connectivity index (χ0) is 19.9. The first kappa shape index (κ1) is 19.9. The summed E-state index contributed by atoms with van der Waals surface area (Å²) in [5, 5.41) is 7.45. The van der Waals surface area contributed by atoms with E-state index in [4.69, 9.17) is 11.6 Å². The molecule has 1 aromatic heterocycles. The molecule has 152 valence electrons. The van der Waals surface area contributed by atoms with Gasteiger partial charge >= 0.3 is 0 Å². The van der Waals surface area contributed by atoms with E-state index in [1.54, 1.807) is 4.68 Å². The van der Waals surface area contributed by atoms with Crippen molar-refractivity contribution in [2.24, 2.45) is 0 Å². The van der Waals surface area contributed by atoms with Crippen LogP contribution in [0.5, 0.6) is 0 Å². The largest absolute Gasteiger partial charge is 0.336 e. The number of aryl methyl sites for hydroxylation is 3. The Hall–Kier alpha value is -1.37. The summed E-state index contributed by atoms with van der Waals surface area (Å²) in [7, 11) is -2.96. The van der Waals surface area contributed by atoms with Gasteiger partial charge in [-0.3, -0.25) is 0 Å². The summed E-state index contributed by atoms with van der Waals surface area (Å²) in [6.07, 6.45) is 5.59. The summed E-state index contributed by atoms with van der Waals surface area (Å²) in [5.74, 6) is 0.367. The van der Waals surface area contributed by atoms with Gasteiger partial charge in [-0.2, -0.15) is 5.10 Å². The topological polar surface area (TPSA) is 68.6 Å². The summed E-state index contributed by atoms with van der Waals surface area (Å²) in [4.78, 5) is 0. The van der Waals surface area contributed by atoms with E-state index in [2.05, 4.69) is 35.5 Å². The molecule has 2 N–H and O–H groups in total. The highest BCUT2D eigenvalue weighted by atomic mass is 35.5. The minimum atomic E-state index is -2.96. The molecule has 0 spiro atoms. The van der Waals surface area contributed by atoms with Crippen molar-refractivity contribution in [2.75, 3.05) is 11.5 Å². The lowest BCUT2D eigenvalue weighted by Crippen LogP contribution is -2.83. The third-order valence-corrected chi connectivity index (χ3v) is 8.42. The second-order valence-electron chi connectivity index (χ2n) is 8.32. The molecule has 2 heterocycles. The van der Waals surface area contributed by atoms with Crippen LogP contribution in [0.2, 0.25) is 5.15 Å². The Morgan fingerprint density at radius 1 is 1.29 bits per heavy atom. The summed E-state index contributed by atoms with van der Waals surface area (Å²) >= 11 is 6.61. The lowest BCUT2D eigenvalue weighted by molar-refractivity contribution is -0.708. The Labute approximate surface area is 172 Å². The van der Waals surface area contributed by atoms with Gasteiger partial charge < -0.3 is 5.32 Å². The maximum absolute atomic E-state index is 11.8. The molecule has 0 radical (unpaired) electrons. The summed E-state index contributed by atoms with van der Waals surface area (Å²) in [5.41, 5.74) is 6.27. The van der Waals surface area contributed by atoms with Gasteiger partial charge in [-0.15, -0.1) is 0 Å². The average molecular weight is 423 g/mol.